The zero-order chi connectivity index (χ0) is 22.8. The monoisotopic (exact) mass is 453 g/mol. The third kappa shape index (κ3) is 4.04. The molecule has 3 heterocycles. The Labute approximate surface area is 192 Å². The molecule has 2 aromatic heterocycles. The molecule has 0 bridgehead atoms. The van der Waals surface area contributed by atoms with E-state index in [0.717, 1.165) is 53.3 Å². The lowest BCUT2D eigenvalue weighted by Crippen LogP contribution is -2.45. The van der Waals surface area contributed by atoms with Crippen molar-refractivity contribution in [2.75, 3.05) is 59.5 Å². The van der Waals surface area contributed by atoms with Gasteiger partial charge in [-0.2, -0.15) is 0 Å². The van der Waals surface area contributed by atoms with Crippen molar-refractivity contribution in [3.05, 3.63) is 40.5 Å². The zero-order valence-electron chi connectivity index (χ0n) is 19.1. The van der Waals surface area contributed by atoms with E-state index in [1.54, 1.807) is 21.3 Å². The number of piperazine rings is 1. The molecule has 0 atom stereocenters. The van der Waals surface area contributed by atoms with E-state index in [2.05, 4.69) is 21.7 Å². The Morgan fingerprint density at radius 2 is 1.69 bits per heavy atom. The zero-order valence-corrected chi connectivity index (χ0v) is 19.9. The van der Waals surface area contributed by atoms with E-state index in [0.29, 0.717) is 34.5 Å². The van der Waals surface area contributed by atoms with Gasteiger partial charge in [-0.25, -0.2) is 14.8 Å². The van der Waals surface area contributed by atoms with Crippen molar-refractivity contribution in [1.82, 2.24) is 14.9 Å². The van der Waals surface area contributed by atoms with Gasteiger partial charge in [0.25, 0.3) is 0 Å². The van der Waals surface area contributed by atoms with E-state index in [9.17, 15) is 0 Å². The van der Waals surface area contributed by atoms with Crippen molar-refractivity contribution in [3.63, 3.8) is 0 Å². The summed E-state index contributed by atoms with van der Waals surface area (Å²) in [5.74, 6) is 3.39. The molecule has 3 aromatic rings. The highest BCUT2D eigenvalue weighted by Crippen LogP contribution is 2.42. The SMILES string of the molecule is [C-]#[N+]c1sc2nc(Cc3cc(OC)c(OC)c(OC)c3)nc(N3CCN(C)CC3)c2c1C. The van der Waals surface area contributed by atoms with Crippen molar-refractivity contribution < 1.29 is 14.2 Å². The van der Waals surface area contributed by atoms with Crippen LogP contribution >= 0.6 is 11.3 Å². The summed E-state index contributed by atoms with van der Waals surface area (Å²) >= 11 is 1.44. The van der Waals surface area contributed by atoms with E-state index in [-0.39, 0.29) is 0 Å². The number of ether oxygens (including phenoxy) is 3. The van der Waals surface area contributed by atoms with Gasteiger partial charge in [0, 0.05) is 38.0 Å². The van der Waals surface area contributed by atoms with Gasteiger partial charge in [0.15, 0.2) is 11.5 Å². The number of rotatable bonds is 6. The summed E-state index contributed by atoms with van der Waals surface area (Å²) in [5, 5.41) is 1.67. The second-order valence-corrected chi connectivity index (χ2v) is 8.77. The van der Waals surface area contributed by atoms with Crippen LogP contribution in [0.5, 0.6) is 17.2 Å². The first-order chi connectivity index (χ1) is 15.5. The molecule has 0 aliphatic carbocycles. The lowest BCUT2D eigenvalue weighted by molar-refractivity contribution is 0.312. The van der Waals surface area contributed by atoms with E-state index >= 15 is 0 Å². The quantitative estimate of drug-likeness (QED) is 0.524. The highest BCUT2D eigenvalue weighted by atomic mass is 32.1. The number of hydrogen-bond donors (Lipinski definition) is 0. The van der Waals surface area contributed by atoms with Crippen LogP contribution in [-0.4, -0.2) is 69.4 Å². The van der Waals surface area contributed by atoms with Crippen LogP contribution < -0.4 is 19.1 Å². The molecule has 1 fully saturated rings. The minimum absolute atomic E-state index is 0.512. The number of nitrogens with zero attached hydrogens (tertiary/aromatic N) is 5. The van der Waals surface area contributed by atoms with Crippen molar-refractivity contribution >= 4 is 32.4 Å². The Morgan fingerprint density at radius 3 is 2.25 bits per heavy atom. The number of methoxy groups -OCH3 is 3. The normalized spacial score (nSPS) is 14.4. The standard InChI is InChI=1S/C23H27N5O3S/c1-14-19-21(28-9-7-27(3)8-10-28)25-18(26-23(19)32-22(14)24-2)13-15-11-16(29-4)20(31-6)17(12-15)30-5/h11-12H,7-10,13H2,1,3-6H3. The van der Waals surface area contributed by atoms with Gasteiger partial charge in [-0.05, 0) is 37.2 Å². The summed E-state index contributed by atoms with van der Waals surface area (Å²) in [4.78, 5) is 19.0. The van der Waals surface area contributed by atoms with Crippen LogP contribution in [0.15, 0.2) is 12.1 Å². The Balaban J connectivity index is 1.79. The van der Waals surface area contributed by atoms with E-state index in [1.807, 2.05) is 19.1 Å². The Bertz CT molecular complexity index is 1150. The lowest BCUT2D eigenvalue weighted by Gasteiger charge is -2.33. The van der Waals surface area contributed by atoms with Crippen LogP contribution in [0, 0.1) is 13.5 Å². The molecule has 0 N–H and O–H groups in total. The molecule has 4 rings (SSSR count). The maximum atomic E-state index is 7.55. The molecule has 168 valence electrons. The maximum absolute atomic E-state index is 7.55. The second-order valence-electron chi connectivity index (χ2n) is 7.79. The molecule has 1 aliphatic heterocycles. The highest BCUT2D eigenvalue weighted by Gasteiger charge is 2.23. The second kappa shape index (κ2) is 9.18. The van der Waals surface area contributed by atoms with Crippen LogP contribution in [0.25, 0.3) is 15.1 Å². The largest absolute Gasteiger partial charge is 0.493 e. The van der Waals surface area contributed by atoms with Crippen LogP contribution in [0.1, 0.15) is 17.0 Å². The molecule has 0 unspecified atom stereocenters. The topological polar surface area (TPSA) is 64.3 Å². The summed E-state index contributed by atoms with van der Waals surface area (Å²) in [7, 11) is 6.94. The molecule has 8 nitrogen and oxygen atoms in total. The molecule has 0 amide bonds. The number of fused-ring (bicyclic) bond motifs is 1. The number of anilines is 1. The fourth-order valence-electron chi connectivity index (χ4n) is 4.00. The maximum Gasteiger partial charge on any atom is 0.246 e. The van der Waals surface area contributed by atoms with E-state index < -0.39 is 0 Å². The van der Waals surface area contributed by atoms with Crippen molar-refractivity contribution in [2.45, 2.75) is 13.3 Å². The Kier molecular flexibility index (Phi) is 6.35. The minimum atomic E-state index is 0.512. The van der Waals surface area contributed by atoms with Crippen LogP contribution in [0.2, 0.25) is 0 Å². The molecule has 9 heteroatoms. The first-order valence-electron chi connectivity index (χ1n) is 10.4. The molecular formula is C23H27N5O3S. The van der Waals surface area contributed by atoms with E-state index in [1.165, 1.54) is 11.3 Å². The van der Waals surface area contributed by atoms with Gasteiger partial charge in [0.05, 0.1) is 27.9 Å². The van der Waals surface area contributed by atoms with Gasteiger partial charge in [0.1, 0.15) is 16.5 Å². The predicted molar refractivity (Wildman–Crippen MR) is 127 cm³/mol. The van der Waals surface area contributed by atoms with Crippen molar-refractivity contribution in [2.24, 2.45) is 0 Å². The van der Waals surface area contributed by atoms with E-state index in [4.69, 9.17) is 30.8 Å². The number of aryl methyl sites for hydroxylation is 1. The summed E-state index contributed by atoms with van der Waals surface area (Å²) < 4.78 is 16.4. The molecule has 0 spiro atoms. The first kappa shape index (κ1) is 22.1. The molecule has 0 radical (unpaired) electrons. The summed E-state index contributed by atoms with van der Waals surface area (Å²) in [6.45, 7) is 13.3. The van der Waals surface area contributed by atoms with Gasteiger partial charge < -0.3 is 24.0 Å². The third-order valence-corrected chi connectivity index (χ3v) is 6.86. The van der Waals surface area contributed by atoms with Gasteiger partial charge in [-0.15, -0.1) is 11.3 Å². The molecule has 32 heavy (non-hydrogen) atoms. The van der Waals surface area contributed by atoms with Crippen LogP contribution in [0.4, 0.5) is 10.8 Å². The number of aromatic nitrogens is 2. The first-order valence-corrected chi connectivity index (χ1v) is 11.2. The fourth-order valence-corrected chi connectivity index (χ4v) is 4.98. The highest BCUT2D eigenvalue weighted by molar-refractivity contribution is 7.22. The van der Waals surface area contributed by atoms with Crippen LogP contribution in [-0.2, 0) is 6.42 Å². The third-order valence-electron chi connectivity index (χ3n) is 5.78. The number of benzene rings is 1. The van der Waals surface area contributed by atoms with Crippen LogP contribution in [0.3, 0.4) is 0 Å². The summed E-state index contributed by atoms with van der Waals surface area (Å²) in [5.41, 5.74) is 1.93. The smallest absolute Gasteiger partial charge is 0.246 e. The molecular weight excluding hydrogens is 426 g/mol. The van der Waals surface area contributed by atoms with Gasteiger partial charge in [0.2, 0.25) is 10.8 Å². The average molecular weight is 454 g/mol. The molecule has 1 aliphatic rings. The lowest BCUT2D eigenvalue weighted by atomic mass is 10.1. The average Bonchev–Trinajstić information content (AvgIpc) is 3.13. The van der Waals surface area contributed by atoms with Crippen molar-refractivity contribution in [1.29, 1.82) is 0 Å². The summed E-state index contributed by atoms with van der Waals surface area (Å²) in [6, 6.07) is 3.85. The number of thiophene rings is 1. The fraction of sp³-hybridized carbons (Fsp3) is 0.435. The molecule has 0 saturated carbocycles. The number of likely N-dealkylation sites (N-methyl/N-ethyl adjacent to an activating group) is 1. The Hall–Kier alpha value is -3.09. The minimum Gasteiger partial charge on any atom is -0.493 e. The molecule has 1 aromatic carbocycles. The number of hydrogen-bond acceptors (Lipinski definition) is 8. The van der Waals surface area contributed by atoms with Gasteiger partial charge >= 0.3 is 0 Å². The van der Waals surface area contributed by atoms with Crippen molar-refractivity contribution in [3.8, 4) is 17.2 Å². The Morgan fingerprint density at radius 1 is 1.03 bits per heavy atom. The summed E-state index contributed by atoms with van der Waals surface area (Å²) in [6.07, 6.45) is 0.512. The molecule has 1 saturated heterocycles. The predicted octanol–water partition coefficient (Wildman–Crippen LogP) is 3.92. The van der Waals surface area contributed by atoms with Gasteiger partial charge in [-0.1, -0.05) is 0 Å². The van der Waals surface area contributed by atoms with Gasteiger partial charge in [-0.3, -0.25) is 0 Å².